The first-order valence-electron chi connectivity index (χ1n) is 8.99. The summed E-state index contributed by atoms with van der Waals surface area (Å²) in [6, 6.07) is 8.91. The Morgan fingerprint density at radius 3 is 2.57 bits per heavy atom. The first-order valence-corrected chi connectivity index (χ1v) is 11.2. The Bertz CT molecular complexity index is 1050. The summed E-state index contributed by atoms with van der Waals surface area (Å²) in [5.41, 5.74) is 2.26. The molecule has 9 heteroatoms. The predicted octanol–water partition coefficient (Wildman–Crippen LogP) is 5.03. The summed E-state index contributed by atoms with van der Waals surface area (Å²) in [7, 11) is 0. The Morgan fingerprint density at radius 1 is 1.07 bits per heavy atom. The highest BCUT2D eigenvalue weighted by atomic mass is 35.5. The number of ether oxygens (including phenoxy) is 2. The van der Waals surface area contributed by atoms with E-state index in [1.165, 1.54) is 22.7 Å². The van der Waals surface area contributed by atoms with Crippen LogP contribution in [0, 0.1) is 0 Å². The van der Waals surface area contributed by atoms with Crippen molar-refractivity contribution in [3.63, 3.8) is 0 Å². The predicted molar refractivity (Wildman–Crippen MR) is 118 cm³/mol. The number of esters is 2. The molecule has 6 nitrogen and oxygen atoms in total. The van der Waals surface area contributed by atoms with Gasteiger partial charge in [0.05, 0.1) is 13.0 Å². The van der Waals surface area contributed by atoms with Gasteiger partial charge in [-0.2, -0.15) is 11.3 Å². The van der Waals surface area contributed by atoms with Gasteiger partial charge in [0, 0.05) is 21.5 Å². The maximum atomic E-state index is 12.6. The molecule has 1 amide bonds. The monoisotopic (exact) mass is 463 g/mol. The molecule has 1 N–H and O–H groups in total. The quantitative estimate of drug-likeness (QED) is 0.474. The van der Waals surface area contributed by atoms with Crippen molar-refractivity contribution in [2.45, 2.75) is 13.3 Å². The molecule has 2 heterocycles. The standard InChI is InChI=1S/C21H18ClNO5S2/c1-2-27-21(26)19-15(14-5-3-4-6-16(14)22)12-30-20(19)23-17(24)10-28-18(25)9-13-7-8-29-11-13/h3-8,11-12H,2,9-10H2,1H3,(H,23,24). The van der Waals surface area contributed by atoms with E-state index in [-0.39, 0.29) is 18.6 Å². The van der Waals surface area contributed by atoms with Gasteiger partial charge in [-0.1, -0.05) is 29.8 Å². The molecular weight excluding hydrogens is 446 g/mol. The van der Waals surface area contributed by atoms with Gasteiger partial charge in [0.15, 0.2) is 6.61 Å². The van der Waals surface area contributed by atoms with Crippen molar-refractivity contribution in [2.24, 2.45) is 0 Å². The number of carbonyl (C=O) groups excluding carboxylic acids is 3. The molecular formula is C21H18ClNO5S2. The summed E-state index contributed by atoms with van der Waals surface area (Å²) < 4.78 is 10.2. The molecule has 0 spiro atoms. The fourth-order valence-corrected chi connectivity index (χ4v) is 4.52. The molecule has 0 unspecified atom stereocenters. The Labute approximate surface area is 186 Å². The van der Waals surface area contributed by atoms with Crippen LogP contribution in [0.3, 0.4) is 0 Å². The second-order valence-corrected chi connectivity index (χ2v) is 8.14. The lowest BCUT2D eigenvalue weighted by Crippen LogP contribution is -2.22. The third kappa shape index (κ3) is 5.47. The molecule has 0 bridgehead atoms. The van der Waals surface area contributed by atoms with E-state index in [4.69, 9.17) is 21.1 Å². The van der Waals surface area contributed by atoms with E-state index in [0.29, 0.717) is 21.2 Å². The number of nitrogens with one attached hydrogen (secondary N) is 1. The molecule has 0 aliphatic carbocycles. The smallest absolute Gasteiger partial charge is 0.341 e. The molecule has 0 aliphatic heterocycles. The molecule has 0 atom stereocenters. The summed E-state index contributed by atoms with van der Waals surface area (Å²) in [5.74, 6) is -1.62. The van der Waals surface area contributed by atoms with Gasteiger partial charge in [0.1, 0.15) is 10.6 Å². The fourth-order valence-electron chi connectivity index (χ4n) is 2.65. The highest BCUT2D eigenvalue weighted by Gasteiger charge is 2.24. The topological polar surface area (TPSA) is 81.7 Å². The van der Waals surface area contributed by atoms with Crippen LogP contribution < -0.4 is 5.32 Å². The van der Waals surface area contributed by atoms with Gasteiger partial charge in [-0.15, -0.1) is 11.3 Å². The number of hydrogen-bond donors (Lipinski definition) is 1. The van der Waals surface area contributed by atoms with Crippen molar-refractivity contribution in [2.75, 3.05) is 18.5 Å². The van der Waals surface area contributed by atoms with Crippen LogP contribution in [0.5, 0.6) is 0 Å². The summed E-state index contributed by atoms with van der Waals surface area (Å²) in [6.07, 6.45) is 0.0977. The summed E-state index contributed by atoms with van der Waals surface area (Å²) in [4.78, 5) is 36.7. The van der Waals surface area contributed by atoms with Crippen molar-refractivity contribution < 1.29 is 23.9 Å². The van der Waals surface area contributed by atoms with Gasteiger partial charge >= 0.3 is 11.9 Å². The van der Waals surface area contributed by atoms with Crippen LogP contribution in [0.4, 0.5) is 5.00 Å². The molecule has 3 aromatic rings. The van der Waals surface area contributed by atoms with Crippen LogP contribution in [-0.4, -0.2) is 31.1 Å². The van der Waals surface area contributed by atoms with Crippen molar-refractivity contribution in [3.8, 4) is 11.1 Å². The number of carbonyl (C=O) groups is 3. The minimum Gasteiger partial charge on any atom is -0.462 e. The van der Waals surface area contributed by atoms with E-state index in [0.717, 1.165) is 5.56 Å². The van der Waals surface area contributed by atoms with Crippen LogP contribution in [0.2, 0.25) is 5.02 Å². The van der Waals surface area contributed by atoms with Gasteiger partial charge < -0.3 is 14.8 Å². The van der Waals surface area contributed by atoms with Crippen LogP contribution in [0.25, 0.3) is 11.1 Å². The third-order valence-corrected chi connectivity index (χ3v) is 5.94. The zero-order chi connectivity index (χ0) is 21.5. The SMILES string of the molecule is CCOC(=O)c1c(-c2ccccc2Cl)csc1NC(=O)COC(=O)Cc1ccsc1. The van der Waals surface area contributed by atoms with Crippen LogP contribution in [0.15, 0.2) is 46.5 Å². The number of hydrogen-bond acceptors (Lipinski definition) is 7. The van der Waals surface area contributed by atoms with Crippen LogP contribution >= 0.6 is 34.3 Å². The molecule has 0 saturated carbocycles. The summed E-state index contributed by atoms with van der Waals surface area (Å²) in [5, 5.41) is 8.85. The number of benzene rings is 1. The lowest BCUT2D eigenvalue weighted by atomic mass is 10.0. The average molecular weight is 464 g/mol. The molecule has 30 heavy (non-hydrogen) atoms. The average Bonchev–Trinajstić information content (AvgIpc) is 3.37. The van der Waals surface area contributed by atoms with E-state index < -0.39 is 24.5 Å². The lowest BCUT2D eigenvalue weighted by Gasteiger charge is -2.10. The molecule has 156 valence electrons. The number of rotatable bonds is 8. The van der Waals surface area contributed by atoms with Crippen molar-refractivity contribution in [1.82, 2.24) is 0 Å². The highest BCUT2D eigenvalue weighted by molar-refractivity contribution is 7.15. The Morgan fingerprint density at radius 2 is 1.87 bits per heavy atom. The van der Waals surface area contributed by atoms with E-state index in [9.17, 15) is 14.4 Å². The van der Waals surface area contributed by atoms with Crippen molar-refractivity contribution in [1.29, 1.82) is 0 Å². The zero-order valence-electron chi connectivity index (χ0n) is 16.0. The van der Waals surface area contributed by atoms with Crippen molar-refractivity contribution >= 4 is 57.1 Å². The van der Waals surface area contributed by atoms with E-state index in [2.05, 4.69) is 5.32 Å². The van der Waals surface area contributed by atoms with Gasteiger partial charge in [0.25, 0.3) is 5.91 Å². The van der Waals surface area contributed by atoms with Crippen LogP contribution in [-0.2, 0) is 25.5 Å². The lowest BCUT2D eigenvalue weighted by molar-refractivity contribution is -0.146. The second-order valence-electron chi connectivity index (χ2n) is 6.07. The summed E-state index contributed by atoms with van der Waals surface area (Å²) >= 11 is 8.93. The maximum absolute atomic E-state index is 12.6. The van der Waals surface area contributed by atoms with Crippen molar-refractivity contribution in [3.05, 3.63) is 62.6 Å². The molecule has 3 rings (SSSR count). The van der Waals surface area contributed by atoms with Gasteiger partial charge in [-0.3, -0.25) is 9.59 Å². The third-order valence-electron chi connectivity index (χ3n) is 3.98. The molecule has 2 aromatic heterocycles. The second kappa shape index (κ2) is 10.4. The number of anilines is 1. The zero-order valence-corrected chi connectivity index (χ0v) is 18.4. The molecule has 0 radical (unpaired) electrons. The summed E-state index contributed by atoms with van der Waals surface area (Å²) in [6.45, 7) is 1.43. The number of thiophene rings is 2. The first-order chi connectivity index (χ1) is 14.5. The Kier molecular flexibility index (Phi) is 7.62. The van der Waals surface area contributed by atoms with Gasteiger partial charge in [-0.05, 0) is 35.4 Å². The number of amides is 1. The molecule has 0 aliphatic rings. The minimum absolute atomic E-state index is 0.0977. The Balaban J connectivity index is 1.73. The maximum Gasteiger partial charge on any atom is 0.341 e. The van der Waals surface area contributed by atoms with Gasteiger partial charge in [-0.25, -0.2) is 4.79 Å². The molecule has 1 aromatic carbocycles. The fraction of sp³-hybridized carbons (Fsp3) is 0.190. The normalized spacial score (nSPS) is 10.5. The van der Waals surface area contributed by atoms with Crippen LogP contribution in [0.1, 0.15) is 22.8 Å². The Hall–Kier alpha value is -2.68. The van der Waals surface area contributed by atoms with E-state index >= 15 is 0 Å². The van der Waals surface area contributed by atoms with E-state index in [1.807, 2.05) is 16.8 Å². The first kappa shape index (κ1) is 22.0. The van der Waals surface area contributed by atoms with Gasteiger partial charge in [0.2, 0.25) is 0 Å². The molecule has 0 saturated heterocycles. The number of halogens is 1. The minimum atomic E-state index is -0.571. The van der Waals surface area contributed by atoms with E-state index in [1.54, 1.807) is 36.6 Å². The highest BCUT2D eigenvalue weighted by Crippen LogP contribution is 2.39. The molecule has 0 fully saturated rings. The largest absolute Gasteiger partial charge is 0.462 e.